The third kappa shape index (κ3) is 6.93. The van der Waals surface area contributed by atoms with E-state index in [1.165, 1.54) is 0 Å². The third-order valence-electron chi connectivity index (χ3n) is 3.20. The first-order chi connectivity index (χ1) is 12.5. The second kappa shape index (κ2) is 9.29. The van der Waals surface area contributed by atoms with E-state index in [0.29, 0.717) is 6.08 Å². The van der Waals surface area contributed by atoms with Gasteiger partial charge in [-0.1, -0.05) is 31.9 Å². The number of carboxylic acid groups (broad SMARTS) is 2. The van der Waals surface area contributed by atoms with Gasteiger partial charge in [-0.05, 0) is 6.08 Å². The predicted molar refractivity (Wildman–Crippen MR) is 93.3 cm³/mol. The van der Waals surface area contributed by atoms with Gasteiger partial charge in [0.05, 0.1) is 6.10 Å². The molecule has 162 valence electrons. The molecule has 0 aromatic heterocycles. The Bertz CT molecular complexity index is 742. The number of ether oxygens (including phenoxy) is 1. The number of hydrogen-bond acceptors (Lipinski definition) is 8. The van der Waals surface area contributed by atoms with E-state index in [9.17, 15) is 28.9 Å². The lowest BCUT2D eigenvalue weighted by atomic mass is 9.92. The summed E-state index contributed by atoms with van der Waals surface area (Å²) in [5.74, 6) is -6.87. The topological polar surface area (TPSA) is 238 Å². The molecule has 0 unspecified atom stereocenters. The molecule has 14 nitrogen and oxygen atoms in total. The van der Waals surface area contributed by atoms with Crippen molar-refractivity contribution >= 4 is 59.4 Å². The fourth-order valence-corrected chi connectivity index (χ4v) is 4.30. The number of carboxylic acids is 2. The molecule has 0 aromatic rings. The Balaban J connectivity index is 3.36. The van der Waals surface area contributed by atoms with Crippen LogP contribution in [0.1, 0.15) is 6.42 Å². The first kappa shape index (κ1) is 25.8. The predicted octanol–water partition coefficient (Wildman–Crippen LogP) is -0.369. The molecule has 0 bridgehead atoms. The van der Waals surface area contributed by atoms with Crippen molar-refractivity contribution in [1.82, 2.24) is 0 Å². The van der Waals surface area contributed by atoms with Gasteiger partial charge in [0.15, 0.2) is 0 Å². The van der Waals surface area contributed by atoms with E-state index in [2.05, 4.69) is 40.9 Å². The van der Waals surface area contributed by atoms with Crippen molar-refractivity contribution in [3.63, 3.8) is 0 Å². The van der Waals surface area contributed by atoms with Gasteiger partial charge in [0.1, 0.15) is 15.9 Å². The summed E-state index contributed by atoms with van der Waals surface area (Å²) >= 11 is 5.36. The molecule has 0 aliphatic heterocycles. The number of aliphatic carboxylic acids is 2. The fraction of sp³-hybridized carbons (Fsp3) is 0.600. The van der Waals surface area contributed by atoms with Gasteiger partial charge in [-0.2, -0.15) is 0 Å². The highest BCUT2D eigenvalue weighted by Crippen LogP contribution is 2.48. The molecule has 18 heteroatoms. The van der Waals surface area contributed by atoms with Crippen LogP contribution in [0.5, 0.6) is 0 Å². The Kier molecular flexibility index (Phi) is 8.56. The minimum Gasteiger partial charge on any atom is -0.478 e. The summed E-state index contributed by atoms with van der Waals surface area (Å²) in [6.07, 6.45) is -5.92. The molecular formula is C10H14Br2O14P2. The van der Waals surface area contributed by atoms with Crippen molar-refractivity contribution < 1.29 is 67.4 Å². The molecule has 4 atom stereocenters. The maximum Gasteiger partial charge on any atom is 0.472 e. The van der Waals surface area contributed by atoms with Gasteiger partial charge in [-0.15, -0.1) is 0 Å². The highest BCUT2D eigenvalue weighted by atomic mass is 79.9. The quantitative estimate of drug-likeness (QED) is 0.105. The van der Waals surface area contributed by atoms with Gasteiger partial charge in [-0.3, -0.25) is 4.52 Å². The summed E-state index contributed by atoms with van der Waals surface area (Å²) in [7, 11) is -10.7. The molecule has 0 amide bonds. The molecule has 1 aliphatic rings. The van der Waals surface area contributed by atoms with E-state index in [0.717, 1.165) is 0 Å². The van der Waals surface area contributed by atoms with Crippen molar-refractivity contribution in [1.29, 1.82) is 0 Å². The normalized spacial score (nSPS) is 25.9. The number of phosphoric ester groups is 2. The van der Waals surface area contributed by atoms with Gasteiger partial charge < -0.3 is 39.6 Å². The summed E-state index contributed by atoms with van der Waals surface area (Å²) in [4.78, 5) is 58.6. The molecule has 0 saturated heterocycles. The molecule has 0 saturated carbocycles. The van der Waals surface area contributed by atoms with E-state index in [1.54, 1.807) is 0 Å². The molecule has 1 aliphatic carbocycles. The average molecular weight is 580 g/mol. The maximum absolute atomic E-state index is 11.6. The zero-order valence-corrected chi connectivity index (χ0v) is 18.2. The van der Waals surface area contributed by atoms with E-state index in [4.69, 9.17) is 29.4 Å². The van der Waals surface area contributed by atoms with Crippen LogP contribution >= 0.6 is 47.5 Å². The first-order valence-corrected chi connectivity index (χ1v) is 11.7. The number of phosphoric acid groups is 2. The lowest BCUT2D eigenvalue weighted by Crippen LogP contribution is -2.55. The van der Waals surface area contributed by atoms with E-state index in [1.807, 2.05) is 0 Å². The molecule has 28 heavy (non-hydrogen) atoms. The fourth-order valence-electron chi connectivity index (χ4n) is 2.13. The third-order valence-corrected chi connectivity index (χ3v) is 5.44. The number of hydrogen-bond donors (Lipinski definition) is 7. The highest BCUT2D eigenvalue weighted by Gasteiger charge is 2.55. The van der Waals surface area contributed by atoms with Crippen molar-refractivity contribution in [2.24, 2.45) is 0 Å². The monoisotopic (exact) mass is 578 g/mol. The van der Waals surface area contributed by atoms with Crippen LogP contribution < -0.4 is 0 Å². The zero-order valence-electron chi connectivity index (χ0n) is 13.2. The van der Waals surface area contributed by atoms with Gasteiger partial charge in [0.2, 0.25) is 0 Å². The number of alkyl halides is 2. The van der Waals surface area contributed by atoms with Crippen LogP contribution in [0.3, 0.4) is 0 Å². The molecule has 0 spiro atoms. The molecule has 7 N–H and O–H groups in total. The Morgan fingerprint density at radius 1 is 1.14 bits per heavy atom. The SMILES string of the molecule is O=C(O)C1=C[C@@H](OP(=O)(O)O)[C@@H](O)[C@H](O[C@](OP(=O)(O)O)(C(=O)O)C(Br)Br)C1. The molecular weight excluding hydrogens is 566 g/mol. The molecule has 0 aromatic carbocycles. The number of rotatable bonds is 9. The Morgan fingerprint density at radius 3 is 2.04 bits per heavy atom. The van der Waals surface area contributed by atoms with Crippen LogP contribution in [0.25, 0.3) is 0 Å². The first-order valence-electron chi connectivity index (χ1n) is 6.80. The minimum atomic E-state index is -5.50. The van der Waals surface area contributed by atoms with Crippen molar-refractivity contribution in [3.05, 3.63) is 11.6 Å². The van der Waals surface area contributed by atoms with Crippen LogP contribution in [0.15, 0.2) is 11.6 Å². The van der Waals surface area contributed by atoms with Gasteiger partial charge >= 0.3 is 33.4 Å². The highest BCUT2D eigenvalue weighted by molar-refractivity contribution is 9.24. The number of halogens is 2. The number of carbonyl (C=O) groups is 2. The van der Waals surface area contributed by atoms with Gasteiger partial charge in [0.25, 0.3) is 0 Å². The van der Waals surface area contributed by atoms with Gasteiger partial charge in [0, 0.05) is 12.0 Å². The van der Waals surface area contributed by atoms with Crippen molar-refractivity contribution in [3.8, 4) is 0 Å². The molecule has 0 heterocycles. The summed E-state index contributed by atoms with van der Waals surface area (Å²) < 4.78 is 34.1. The second-order valence-electron chi connectivity index (χ2n) is 5.26. The smallest absolute Gasteiger partial charge is 0.472 e. The standard InChI is InChI=1S/C10H14Br2O14P2/c11-8(12)10(9(16)17,26-28(21,22)23)24-4-1-3(7(14)15)2-5(6(4)13)25-27(18,19)20/h2,4-6,8,13H,1H2,(H,14,15)(H,16,17)(H2,18,19,20)(H2,21,22,23)/t4-,5-,6+,10-/m1/s1. The van der Waals surface area contributed by atoms with Crippen LogP contribution in [0.4, 0.5) is 0 Å². The largest absolute Gasteiger partial charge is 0.478 e. The molecule has 0 radical (unpaired) electrons. The Labute approximate surface area is 172 Å². The van der Waals surface area contributed by atoms with Crippen LogP contribution in [0, 0.1) is 0 Å². The van der Waals surface area contributed by atoms with E-state index < -0.39 is 67.4 Å². The Hall–Kier alpha value is -0.220. The molecule has 0 fully saturated rings. The summed E-state index contributed by atoms with van der Waals surface area (Å²) in [6, 6.07) is 0. The van der Waals surface area contributed by atoms with Gasteiger partial charge in [-0.25, -0.2) is 23.2 Å². The second-order valence-corrected chi connectivity index (χ2v) is 10.7. The van der Waals surface area contributed by atoms with Crippen LogP contribution in [-0.4, -0.2) is 74.7 Å². The van der Waals surface area contributed by atoms with Crippen LogP contribution in [0.2, 0.25) is 0 Å². The lowest BCUT2D eigenvalue weighted by molar-refractivity contribution is -0.241. The van der Waals surface area contributed by atoms with E-state index in [-0.39, 0.29) is 0 Å². The summed E-state index contributed by atoms with van der Waals surface area (Å²) in [5, 5.41) is 28.7. The van der Waals surface area contributed by atoms with E-state index >= 15 is 0 Å². The average Bonchev–Trinajstić information content (AvgIpc) is 2.46. The van der Waals surface area contributed by atoms with Crippen LogP contribution in [-0.2, 0) is 32.5 Å². The number of aliphatic hydroxyl groups is 1. The zero-order chi connectivity index (χ0) is 22.1. The Morgan fingerprint density at radius 2 is 1.68 bits per heavy atom. The maximum atomic E-state index is 11.6. The molecule has 1 rings (SSSR count). The van der Waals surface area contributed by atoms with Crippen molar-refractivity contribution in [2.45, 2.75) is 34.3 Å². The summed E-state index contributed by atoms with van der Waals surface area (Å²) in [6.45, 7) is 0. The number of aliphatic hydroxyl groups excluding tert-OH is 1. The minimum absolute atomic E-state index is 0.579. The lowest BCUT2D eigenvalue weighted by Gasteiger charge is -2.39. The van der Waals surface area contributed by atoms with Crippen molar-refractivity contribution in [2.75, 3.05) is 0 Å². The summed E-state index contributed by atoms with van der Waals surface area (Å²) in [5.41, 5.74) is -0.579.